The summed E-state index contributed by atoms with van der Waals surface area (Å²) in [6.45, 7) is 6.42. The van der Waals surface area contributed by atoms with Crippen molar-refractivity contribution in [2.75, 3.05) is 6.54 Å². The molecule has 2 aromatic rings. The van der Waals surface area contributed by atoms with Crippen molar-refractivity contribution in [3.63, 3.8) is 0 Å². The number of aryl methyl sites for hydroxylation is 1. The van der Waals surface area contributed by atoms with Gasteiger partial charge in [0, 0.05) is 19.2 Å². The predicted octanol–water partition coefficient (Wildman–Crippen LogP) is 6.00. The fourth-order valence-electron chi connectivity index (χ4n) is 6.10. The first kappa shape index (κ1) is 31.0. The molecule has 0 aromatic heterocycles. The summed E-state index contributed by atoms with van der Waals surface area (Å²) in [6, 6.07) is 7.21. The van der Waals surface area contributed by atoms with Crippen LogP contribution >= 0.6 is 0 Å². The molecule has 2 heterocycles. The van der Waals surface area contributed by atoms with Gasteiger partial charge in [0.25, 0.3) is 5.56 Å². The van der Waals surface area contributed by atoms with Crippen molar-refractivity contribution in [2.45, 2.75) is 78.2 Å². The van der Waals surface area contributed by atoms with Gasteiger partial charge in [0.15, 0.2) is 11.5 Å². The van der Waals surface area contributed by atoms with Crippen LogP contribution in [0.15, 0.2) is 46.0 Å². The molecule has 3 aliphatic rings. The first-order valence-electron chi connectivity index (χ1n) is 14.4. The number of alkyl halides is 3. The van der Waals surface area contributed by atoms with Crippen LogP contribution in [0.2, 0.25) is 0 Å². The first-order chi connectivity index (χ1) is 20.6. The van der Waals surface area contributed by atoms with Crippen LogP contribution in [0.4, 0.5) is 18.0 Å². The molecule has 234 valence electrons. The largest absolute Gasteiger partial charge is 0.490 e. The normalized spacial score (nSPS) is 15.2. The Morgan fingerprint density at radius 1 is 1.14 bits per heavy atom. The van der Waals surface area contributed by atoms with Gasteiger partial charge in [-0.3, -0.25) is 14.7 Å². The maximum absolute atomic E-state index is 14.1. The summed E-state index contributed by atoms with van der Waals surface area (Å²) in [5, 5.41) is 10.4. The Kier molecular flexibility index (Phi) is 8.17. The lowest BCUT2D eigenvalue weighted by atomic mass is 9.79. The minimum Gasteiger partial charge on any atom is -0.490 e. The maximum atomic E-state index is 14.1. The SMILES string of the molecule is Cc1cc2nc3c(=O)[nH]c(=O)nc-3n(CCN(C(=O)O)C(c3ccccc3C(F)(F)F)C(C)(C)C)c2cc1OC1CCCC1. The molecule has 0 spiro atoms. The van der Waals surface area contributed by atoms with Gasteiger partial charge in [0.1, 0.15) is 5.75 Å². The van der Waals surface area contributed by atoms with E-state index in [1.54, 1.807) is 32.9 Å². The van der Waals surface area contributed by atoms with E-state index in [1.165, 1.54) is 22.8 Å². The monoisotopic (exact) mass is 613 g/mol. The molecule has 1 aliphatic carbocycles. The highest BCUT2D eigenvalue weighted by atomic mass is 19.4. The number of amides is 1. The highest BCUT2D eigenvalue weighted by molar-refractivity contribution is 5.82. The molecule has 1 atom stereocenters. The van der Waals surface area contributed by atoms with Gasteiger partial charge in [-0.15, -0.1) is 0 Å². The number of aromatic amines is 1. The molecular weight excluding hydrogens is 579 g/mol. The van der Waals surface area contributed by atoms with Gasteiger partial charge in [-0.2, -0.15) is 18.2 Å². The number of hydrogen-bond donors (Lipinski definition) is 2. The van der Waals surface area contributed by atoms with Crippen LogP contribution < -0.4 is 16.0 Å². The number of H-pyrrole nitrogens is 1. The Labute approximate surface area is 250 Å². The van der Waals surface area contributed by atoms with Gasteiger partial charge in [-0.05, 0) is 61.3 Å². The van der Waals surface area contributed by atoms with Crippen molar-refractivity contribution in [2.24, 2.45) is 5.41 Å². The van der Waals surface area contributed by atoms with Crippen LogP contribution in [0.1, 0.15) is 69.2 Å². The zero-order valence-corrected chi connectivity index (χ0v) is 24.9. The van der Waals surface area contributed by atoms with E-state index in [-0.39, 0.29) is 36.3 Å². The zero-order valence-electron chi connectivity index (χ0n) is 24.9. The van der Waals surface area contributed by atoms with E-state index in [0.29, 0.717) is 16.8 Å². The van der Waals surface area contributed by atoms with E-state index in [0.717, 1.165) is 42.2 Å². The lowest BCUT2D eigenvalue weighted by molar-refractivity contribution is -0.139. The molecule has 0 radical (unpaired) electrons. The molecule has 1 unspecified atom stereocenters. The Hall–Kier alpha value is -4.42. The fourth-order valence-corrected chi connectivity index (χ4v) is 6.10. The molecular formula is C31H34F3N5O5. The second-order valence-corrected chi connectivity index (χ2v) is 12.3. The van der Waals surface area contributed by atoms with E-state index in [1.807, 2.05) is 6.92 Å². The van der Waals surface area contributed by atoms with Crippen LogP contribution in [-0.2, 0) is 12.7 Å². The molecule has 0 saturated heterocycles. The third kappa shape index (κ3) is 6.13. The van der Waals surface area contributed by atoms with Crippen LogP contribution in [-0.4, -0.2) is 48.3 Å². The Bertz CT molecular complexity index is 1790. The van der Waals surface area contributed by atoms with E-state index >= 15 is 0 Å². The molecule has 13 heteroatoms. The molecule has 1 amide bonds. The third-order valence-corrected chi connectivity index (χ3v) is 8.00. The Morgan fingerprint density at radius 3 is 2.45 bits per heavy atom. The summed E-state index contributed by atoms with van der Waals surface area (Å²) >= 11 is 0. The number of rotatable bonds is 7. The van der Waals surface area contributed by atoms with Gasteiger partial charge in [-0.1, -0.05) is 39.0 Å². The van der Waals surface area contributed by atoms with Gasteiger partial charge in [0.05, 0.1) is 28.7 Å². The predicted molar refractivity (Wildman–Crippen MR) is 157 cm³/mol. The minimum absolute atomic E-state index is 0.0333. The van der Waals surface area contributed by atoms with E-state index in [9.17, 15) is 32.7 Å². The topological polar surface area (TPSA) is 130 Å². The zero-order chi connectivity index (χ0) is 32.0. The van der Waals surface area contributed by atoms with Crippen molar-refractivity contribution in [1.29, 1.82) is 0 Å². The van der Waals surface area contributed by atoms with Crippen molar-refractivity contribution in [3.8, 4) is 17.3 Å². The maximum Gasteiger partial charge on any atom is 0.416 e. The number of nitrogens with one attached hydrogen (secondary N) is 1. The molecule has 2 aliphatic heterocycles. The lowest BCUT2D eigenvalue weighted by Crippen LogP contribution is -2.43. The van der Waals surface area contributed by atoms with E-state index < -0.39 is 40.5 Å². The summed E-state index contributed by atoms with van der Waals surface area (Å²) in [5.41, 5.74) is -2.26. The lowest BCUT2D eigenvalue weighted by Gasteiger charge is -2.40. The summed E-state index contributed by atoms with van der Waals surface area (Å²) in [6.07, 6.45) is -2.18. The molecule has 44 heavy (non-hydrogen) atoms. The van der Waals surface area contributed by atoms with Crippen molar-refractivity contribution < 1.29 is 27.8 Å². The number of carboxylic acid groups (broad SMARTS) is 1. The summed E-state index contributed by atoms with van der Waals surface area (Å²) < 4.78 is 50.1. The standard InChI is InChI=1S/C31H34F3N5O5/c1-17-15-21-22(16-23(17)44-18-9-5-6-10-18)38(26-24(35-21)27(40)37-28(41)36-26)13-14-39(29(42)43)25(30(2,3)4)19-11-7-8-12-20(19)31(32,33)34/h7-8,11-12,15-16,18,25H,5-6,9-10,13-14H2,1-4H3,(H,42,43)(H,37,40,41). The summed E-state index contributed by atoms with van der Waals surface area (Å²) in [4.78, 5) is 49.4. The smallest absolute Gasteiger partial charge is 0.416 e. The molecule has 10 nitrogen and oxygen atoms in total. The summed E-state index contributed by atoms with van der Waals surface area (Å²) in [7, 11) is 0. The highest BCUT2D eigenvalue weighted by Gasteiger charge is 2.42. The number of ether oxygens (including phenoxy) is 1. The number of nitrogens with zero attached hydrogens (tertiary/aromatic N) is 4. The van der Waals surface area contributed by atoms with Crippen LogP contribution in [0, 0.1) is 12.3 Å². The van der Waals surface area contributed by atoms with E-state index in [4.69, 9.17) is 4.74 Å². The minimum atomic E-state index is -4.71. The molecule has 2 N–H and O–H groups in total. The van der Waals surface area contributed by atoms with Crippen LogP contribution in [0.25, 0.3) is 22.6 Å². The fraction of sp³-hybridized carbons (Fsp3) is 0.452. The van der Waals surface area contributed by atoms with Crippen molar-refractivity contribution >= 4 is 17.1 Å². The van der Waals surface area contributed by atoms with Gasteiger partial charge in [-0.25, -0.2) is 14.6 Å². The number of aromatic nitrogens is 4. The third-order valence-electron chi connectivity index (χ3n) is 8.00. The number of hydrogen-bond acceptors (Lipinski definition) is 6. The molecule has 1 fully saturated rings. The average Bonchev–Trinajstić information content (AvgIpc) is 3.43. The number of benzene rings is 2. The quantitative estimate of drug-likeness (QED) is 0.245. The number of fused-ring (bicyclic) bond motifs is 2. The first-order valence-corrected chi connectivity index (χ1v) is 14.4. The average molecular weight is 614 g/mol. The Balaban J connectivity index is 1.65. The molecule has 1 saturated carbocycles. The second kappa shape index (κ2) is 11.6. The second-order valence-electron chi connectivity index (χ2n) is 12.3. The van der Waals surface area contributed by atoms with Crippen LogP contribution in [0.3, 0.4) is 0 Å². The van der Waals surface area contributed by atoms with Crippen LogP contribution in [0.5, 0.6) is 5.75 Å². The number of halogens is 3. The number of carbonyl (C=O) groups is 1. The molecule has 5 rings (SSSR count). The van der Waals surface area contributed by atoms with Crippen molar-refractivity contribution in [1.82, 2.24) is 24.4 Å². The molecule has 0 bridgehead atoms. The van der Waals surface area contributed by atoms with Crippen molar-refractivity contribution in [3.05, 3.63) is 73.9 Å². The molecule has 2 aromatic carbocycles. The van der Waals surface area contributed by atoms with Gasteiger partial charge >= 0.3 is 18.0 Å². The Morgan fingerprint density at radius 2 is 1.82 bits per heavy atom. The van der Waals surface area contributed by atoms with E-state index in [2.05, 4.69) is 15.0 Å². The van der Waals surface area contributed by atoms with Gasteiger partial charge in [0.2, 0.25) is 0 Å². The summed E-state index contributed by atoms with van der Waals surface area (Å²) in [5.74, 6) is 0.503. The van der Waals surface area contributed by atoms with Gasteiger partial charge < -0.3 is 14.4 Å². The highest BCUT2D eigenvalue weighted by Crippen LogP contribution is 2.44.